The number of likely N-dealkylation sites (N-methyl/N-ethyl adjacent to an activating group) is 1. The first kappa shape index (κ1) is 28.8. The van der Waals surface area contributed by atoms with Crippen LogP contribution in [0.1, 0.15) is 28.1 Å². The highest BCUT2D eigenvalue weighted by atomic mass is 16.5. The lowest BCUT2D eigenvalue weighted by atomic mass is 9.99. The quantitative estimate of drug-likeness (QED) is 0.390. The molecule has 41 heavy (non-hydrogen) atoms. The second kappa shape index (κ2) is 12.9. The molecular formula is C31H40N8O2. The number of nitrogens with zero attached hydrogens (tertiary/aromatic N) is 6. The van der Waals surface area contributed by atoms with E-state index >= 15 is 0 Å². The fraction of sp³-hybridized carbons (Fsp3) is 0.419. The Morgan fingerprint density at radius 1 is 1.15 bits per heavy atom. The number of nitrogens with one attached hydrogen (secondary N) is 2. The van der Waals surface area contributed by atoms with Gasteiger partial charge in [-0.05, 0) is 69.4 Å². The maximum Gasteiger partial charge on any atom is 0.244 e. The molecular weight excluding hydrogens is 516 g/mol. The maximum absolute atomic E-state index is 13.5. The minimum Gasteiger partial charge on any atom is -0.383 e. The van der Waals surface area contributed by atoms with Crippen molar-refractivity contribution >= 4 is 28.8 Å². The number of benzene rings is 1. The van der Waals surface area contributed by atoms with Crippen molar-refractivity contribution in [2.24, 2.45) is 0 Å². The van der Waals surface area contributed by atoms with Gasteiger partial charge in [0.2, 0.25) is 11.9 Å². The maximum atomic E-state index is 13.5. The van der Waals surface area contributed by atoms with Crippen molar-refractivity contribution < 1.29 is 9.53 Å². The van der Waals surface area contributed by atoms with Gasteiger partial charge < -0.3 is 25.2 Å². The lowest BCUT2D eigenvalue weighted by molar-refractivity contribution is -0.124. The molecule has 216 valence electrons. The second-order valence-electron chi connectivity index (χ2n) is 11.1. The molecule has 1 fully saturated rings. The van der Waals surface area contributed by atoms with E-state index in [-0.39, 0.29) is 11.9 Å². The van der Waals surface area contributed by atoms with E-state index in [9.17, 15) is 4.79 Å². The number of hydrogen-bond acceptors (Lipinski definition) is 9. The highest BCUT2D eigenvalue weighted by Gasteiger charge is 2.30. The fourth-order valence-electron chi connectivity index (χ4n) is 5.44. The summed E-state index contributed by atoms with van der Waals surface area (Å²) in [7, 11) is 7.80. The number of piperazine rings is 1. The van der Waals surface area contributed by atoms with Crippen molar-refractivity contribution in [1.29, 1.82) is 0 Å². The third-order valence-electron chi connectivity index (χ3n) is 7.62. The first-order valence-corrected chi connectivity index (χ1v) is 14.1. The summed E-state index contributed by atoms with van der Waals surface area (Å²) in [5.41, 5.74) is 7.79. The molecule has 0 bridgehead atoms. The number of rotatable bonds is 10. The van der Waals surface area contributed by atoms with Crippen LogP contribution >= 0.6 is 0 Å². The number of amides is 1. The molecule has 2 aliphatic rings. The Bertz CT molecular complexity index is 1410. The molecule has 10 nitrogen and oxygen atoms in total. The van der Waals surface area contributed by atoms with Gasteiger partial charge in [-0.3, -0.25) is 14.7 Å². The van der Waals surface area contributed by atoms with E-state index in [1.165, 1.54) is 0 Å². The van der Waals surface area contributed by atoms with Crippen LogP contribution in [0.4, 0.5) is 17.3 Å². The number of hydrogen-bond donors (Lipinski definition) is 2. The Labute approximate surface area is 242 Å². The largest absolute Gasteiger partial charge is 0.383 e. The number of carbonyl (C=O) groups is 1. The van der Waals surface area contributed by atoms with Crippen LogP contribution in [0.5, 0.6) is 0 Å². The standard InChI is InChI=1S/C31H40N8O2/c1-21-18-33-31(34-22-11-12-32-23(17-22)19-37(2)3)36-29(21)26-10-9-25-24(26)7-6-8-27(25)35-30(40)28(20-41-5)39-15-13-38(4)14-16-39/h6-8,10-12,17-18,28H,9,13-16,19-20H2,1-5H3,(H,35,40)(H,32,33,34,36)/t28-/m1/s1. The van der Waals surface area contributed by atoms with Crippen LogP contribution in [0.25, 0.3) is 5.57 Å². The summed E-state index contributed by atoms with van der Waals surface area (Å²) in [5, 5.41) is 6.57. The van der Waals surface area contributed by atoms with Crippen LogP contribution in [0, 0.1) is 6.92 Å². The summed E-state index contributed by atoms with van der Waals surface area (Å²) >= 11 is 0. The van der Waals surface area contributed by atoms with Gasteiger partial charge >= 0.3 is 0 Å². The number of pyridine rings is 1. The number of aromatic nitrogens is 3. The van der Waals surface area contributed by atoms with Crippen LogP contribution in [0.2, 0.25) is 0 Å². The second-order valence-corrected chi connectivity index (χ2v) is 11.1. The number of ether oxygens (including phenoxy) is 1. The summed E-state index contributed by atoms with van der Waals surface area (Å²) < 4.78 is 5.45. The highest BCUT2D eigenvalue weighted by Crippen LogP contribution is 2.37. The first-order chi connectivity index (χ1) is 19.8. The monoisotopic (exact) mass is 556 g/mol. The van der Waals surface area contributed by atoms with E-state index in [1.54, 1.807) is 13.3 Å². The molecule has 2 N–H and O–H groups in total. The summed E-state index contributed by atoms with van der Waals surface area (Å²) in [6, 6.07) is 9.68. The van der Waals surface area contributed by atoms with Gasteiger partial charge in [0.05, 0.1) is 18.0 Å². The molecule has 0 unspecified atom stereocenters. The van der Waals surface area contributed by atoms with E-state index in [2.05, 4.69) is 54.5 Å². The third kappa shape index (κ3) is 6.79. The van der Waals surface area contributed by atoms with E-state index in [4.69, 9.17) is 9.72 Å². The average Bonchev–Trinajstić information content (AvgIpc) is 3.38. The lowest BCUT2D eigenvalue weighted by Gasteiger charge is -2.36. The van der Waals surface area contributed by atoms with Gasteiger partial charge in [0.25, 0.3) is 0 Å². The zero-order valence-corrected chi connectivity index (χ0v) is 24.6. The van der Waals surface area contributed by atoms with E-state index in [0.29, 0.717) is 12.6 Å². The number of fused-ring (bicyclic) bond motifs is 1. The van der Waals surface area contributed by atoms with E-state index in [0.717, 1.165) is 84.2 Å². The minimum atomic E-state index is -0.331. The fourth-order valence-corrected chi connectivity index (χ4v) is 5.44. The van der Waals surface area contributed by atoms with Crippen LogP contribution < -0.4 is 10.6 Å². The first-order valence-electron chi connectivity index (χ1n) is 14.1. The highest BCUT2D eigenvalue weighted by molar-refractivity contribution is 5.97. The molecule has 5 rings (SSSR count). The van der Waals surface area contributed by atoms with Crippen LogP contribution in [-0.2, 0) is 22.5 Å². The molecule has 2 aromatic heterocycles. The zero-order valence-electron chi connectivity index (χ0n) is 24.6. The van der Waals surface area contributed by atoms with Gasteiger partial charge in [0.1, 0.15) is 6.04 Å². The molecule has 1 aliphatic carbocycles. The predicted octanol–water partition coefficient (Wildman–Crippen LogP) is 3.17. The summed E-state index contributed by atoms with van der Waals surface area (Å²) in [4.78, 5) is 34.0. The van der Waals surface area contributed by atoms with Gasteiger partial charge in [-0.2, -0.15) is 0 Å². The number of carbonyl (C=O) groups excluding carboxylic acids is 1. The Kier molecular flexibility index (Phi) is 9.04. The van der Waals surface area contributed by atoms with Gasteiger partial charge in [-0.25, -0.2) is 9.97 Å². The Morgan fingerprint density at radius 2 is 1.95 bits per heavy atom. The summed E-state index contributed by atoms with van der Waals surface area (Å²) in [6.07, 6.45) is 6.55. The predicted molar refractivity (Wildman–Crippen MR) is 162 cm³/mol. The number of anilines is 3. The molecule has 3 heterocycles. The van der Waals surface area contributed by atoms with Crippen LogP contribution in [0.15, 0.2) is 48.8 Å². The normalized spacial score (nSPS) is 16.4. The molecule has 1 atom stereocenters. The molecule has 3 aromatic rings. The van der Waals surface area contributed by atoms with Crippen molar-refractivity contribution in [3.05, 3.63) is 76.9 Å². The molecule has 1 saturated heterocycles. The average molecular weight is 557 g/mol. The van der Waals surface area contributed by atoms with Gasteiger partial charge in [-0.1, -0.05) is 18.2 Å². The lowest BCUT2D eigenvalue weighted by Crippen LogP contribution is -2.54. The molecule has 1 amide bonds. The summed E-state index contributed by atoms with van der Waals surface area (Å²) in [6.45, 7) is 6.70. The van der Waals surface area contributed by atoms with Crippen molar-refractivity contribution in [2.45, 2.75) is 25.9 Å². The Morgan fingerprint density at radius 3 is 2.71 bits per heavy atom. The molecule has 1 aromatic carbocycles. The van der Waals surface area contributed by atoms with E-state index in [1.807, 2.05) is 51.5 Å². The number of allylic oxidation sites excluding steroid dienone is 1. The molecule has 0 saturated carbocycles. The molecule has 0 spiro atoms. The van der Waals surface area contributed by atoms with Crippen molar-refractivity contribution in [1.82, 2.24) is 29.7 Å². The van der Waals surface area contributed by atoms with Gasteiger partial charge in [-0.15, -0.1) is 0 Å². The van der Waals surface area contributed by atoms with Crippen molar-refractivity contribution in [2.75, 3.05) is 71.7 Å². The molecule has 1 aliphatic heterocycles. The van der Waals surface area contributed by atoms with Crippen LogP contribution in [0.3, 0.4) is 0 Å². The zero-order chi connectivity index (χ0) is 28.9. The number of methoxy groups -OCH3 is 1. The van der Waals surface area contributed by atoms with Gasteiger partial charge in [0, 0.05) is 69.2 Å². The summed E-state index contributed by atoms with van der Waals surface area (Å²) in [5.74, 6) is 0.495. The minimum absolute atomic E-state index is 0.0334. The smallest absolute Gasteiger partial charge is 0.244 e. The van der Waals surface area contributed by atoms with E-state index < -0.39 is 0 Å². The van der Waals surface area contributed by atoms with Crippen molar-refractivity contribution in [3.63, 3.8) is 0 Å². The number of aryl methyl sites for hydroxylation is 1. The third-order valence-corrected chi connectivity index (χ3v) is 7.62. The van der Waals surface area contributed by atoms with Crippen molar-refractivity contribution in [3.8, 4) is 0 Å². The SMILES string of the molecule is COC[C@H](C(=O)Nc1cccc2c1CC=C2c1nc(Nc2ccnc(CN(C)C)c2)ncc1C)N1CCN(C)CC1. The Balaban J connectivity index is 1.35. The topological polar surface area (TPSA) is 98.7 Å². The Hall–Kier alpha value is -3.70. The molecule has 10 heteroatoms. The molecule has 0 radical (unpaired) electrons. The van der Waals surface area contributed by atoms with Gasteiger partial charge in [0.15, 0.2) is 0 Å². The van der Waals surface area contributed by atoms with Crippen LogP contribution in [-0.4, -0.2) is 103 Å².